The second kappa shape index (κ2) is 7.81. The number of nitrogens with zero attached hydrogens (tertiary/aromatic N) is 3. The Hall–Kier alpha value is -0.850. The van der Waals surface area contributed by atoms with E-state index < -0.39 is 0 Å². The van der Waals surface area contributed by atoms with Gasteiger partial charge in [0.05, 0.1) is 6.10 Å². The first-order valence-electron chi connectivity index (χ1n) is 9.20. The van der Waals surface area contributed by atoms with Crippen LogP contribution in [-0.4, -0.2) is 85.5 Å². The number of hydrogen-bond acceptors (Lipinski definition) is 4. The fourth-order valence-electron chi connectivity index (χ4n) is 4.20. The van der Waals surface area contributed by atoms with Gasteiger partial charge in [-0.25, -0.2) is 0 Å². The molecule has 0 spiro atoms. The number of aliphatic hydroxyl groups is 1. The second-order valence-corrected chi connectivity index (χ2v) is 7.15. The van der Waals surface area contributed by atoms with Crippen molar-refractivity contribution >= 4 is 5.96 Å². The first-order chi connectivity index (χ1) is 11.2. The van der Waals surface area contributed by atoms with E-state index in [1.165, 1.54) is 25.9 Å². The van der Waals surface area contributed by atoms with Crippen molar-refractivity contribution in [3.8, 4) is 0 Å². The first-order valence-corrected chi connectivity index (χ1v) is 9.20. The number of aliphatic imine (C=N–C) groups is 1. The zero-order chi connectivity index (χ0) is 16.1. The maximum atomic E-state index is 9.69. The maximum Gasteiger partial charge on any atom is 0.193 e. The van der Waals surface area contributed by atoms with Crippen LogP contribution in [0.1, 0.15) is 38.5 Å². The molecule has 6 nitrogen and oxygen atoms in total. The number of guanidine groups is 1. The lowest BCUT2D eigenvalue weighted by molar-refractivity contribution is -0.0167. The number of piperidine rings is 1. The van der Waals surface area contributed by atoms with Gasteiger partial charge in [-0.2, -0.15) is 0 Å². The summed E-state index contributed by atoms with van der Waals surface area (Å²) in [5.74, 6) is 0.988. The number of aliphatic hydroxyl groups excluding tert-OH is 1. The summed E-state index contributed by atoms with van der Waals surface area (Å²) < 4.78 is 5.62. The van der Waals surface area contributed by atoms with E-state index in [9.17, 15) is 5.11 Å². The van der Waals surface area contributed by atoms with Crippen molar-refractivity contribution in [2.45, 2.75) is 50.2 Å². The summed E-state index contributed by atoms with van der Waals surface area (Å²) in [5.41, 5.74) is 0.222. The van der Waals surface area contributed by atoms with Crippen LogP contribution in [0.3, 0.4) is 0 Å². The van der Waals surface area contributed by atoms with Crippen molar-refractivity contribution in [3.63, 3.8) is 0 Å². The van der Waals surface area contributed by atoms with Crippen LogP contribution >= 0.6 is 0 Å². The van der Waals surface area contributed by atoms with Gasteiger partial charge in [0.25, 0.3) is 0 Å². The van der Waals surface area contributed by atoms with Gasteiger partial charge >= 0.3 is 0 Å². The molecule has 6 heteroatoms. The van der Waals surface area contributed by atoms with Gasteiger partial charge in [0.1, 0.15) is 0 Å². The maximum absolute atomic E-state index is 9.69. The molecule has 0 amide bonds. The van der Waals surface area contributed by atoms with Crippen molar-refractivity contribution in [1.82, 2.24) is 15.1 Å². The van der Waals surface area contributed by atoms with Gasteiger partial charge in [0.2, 0.25) is 0 Å². The Kier molecular flexibility index (Phi) is 5.77. The van der Waals surface area contributed by atoms with Crippen LogP contribution in [0.25, 0.3) is 0 Å². The van der Waals surface area contributed by atoms with Crippen molar-refractivity contribution in [2.24, 2.45) is 4.99 Å². The fourth-order valence-corrected chi connectivity index (χ4v) is 4.20. The Morgan fingerprint density at radius 3 is 2.43 bits per heavy atom. The Morgan fingerprint density at radius 2 is 1.83 bits per heavy atom. The zero-order valence-electron chi connectivity index (χ0n) is 14.5. The third-order valence-electron chi connectivity index (χ3n) is 5.75. The minimum absolute atomic E-state index is 0.143. The smallest absolute Gasteiger partial charge is 0.193 e. The van der Waals surface area contributed by atoms with Crippen LogP contribution in [0.15, 0.2) is 4.99 Å². The molecule has 3 aliphatic heterocycles. The molecule has 0 aromatic heterocycles. The molecule has 3 heterocycles. The van der Waals surface area contributed by atoms with E-state index in [2.05, 4.69) is 20.1 Å². The zero-order valence-corrected chi connectivity index (χ0v) is 14.5. The van der Waals surface area contributed by atoms with E-state index in [4.69, 9.17) is 4.74 Å². The molecule has 0 aromatic carbocycles. The lowest BCUT2D eigenvalue weighted by Crippen LogP contribution is -2.59. The predicted molar refractivity (Wildman–Crippen MR) is 91.8 cm³/mol. The minimum atomic E-state index is -0.143. The summed E-state index contributed by atoms with van der Waals surface area (Å²) in [7, 11) is 1.86. The molecule has 3 saturated heterocycles. The van der Waals surface area contributed by atoms with Crippen molar-refractivity contribution < 1.29 is 9.84 Å². The largest absolute Gasteiger partial charge is 0.393 e. The SMILES string of the molecule is CN=C(NCC1(N2CCCC2)CCOCC1)N1CCC(O)CC1. The monoisotopic (exact) mass is 324 g/mol. The van der Waals surface area contributed by atoms with E-state index in [0.717, 1.165) is 64.5 Å². The van der Waals surface area contributed by atoms with E-state index in [1.807, 2.05) is 7.05 Å². The lowest BCUT2D eigenvalue weighted by Gasteiger charge is -2.45. The van der Waals surface area contributed by atoms with Gasteiger partial charge in [-0.1, -0.05) is 0 Å². The molecule has 23 heavy (non-hydrogen) atoms. The van der Waals surface area contributed by atoms with E-state index in [0.29, 0.717) is 0 Å². The molecule has 132 valence electrons. The molecule has 0 aromatic rings. The molecule has 0 radical (unpaired) electrons. The third kappa shape index (κ3) is 3.98. The van der Waals surface area contributed by atoms with E-state index in [-0.39, 0.29) is 11.6 Å². The fraction of sp³-hybridized carbons (Fsp3) is 0.941. The van der Waals surface area contributed by atoms with Crippen LogP contribution in [0.4, 0.5) is 0 Å². The summed E-state index contributed by atoms with van der Waals surface area (Å²) in [6, 6.07) is 0. The average Bonchev–Trinajstić information content (AvgIpc) is 3.13. The Morgan fingerprint density at radius 1 is 1.17 bits per heavy atom. The van der Waals surface area contributed by atoms with Crippen LogP contribution in [0.5, 0.6) is 0 Å². The topological polar surface area (TPSA) is 60.3 Å². The first kappa shape index (κ1) is 17.0. The molecule has 2 N–H and O–H groups in total. The molecule has 0 unspecified atom stereocenters. The van der Waals surface area contributed by atoms with Gasteiger partial charge in [-0.3, -0.25) is 9.89 Å². The number of likely N-dealkylation sites (tertiary alicyclic amines) is 2. The van der Waals surface area contributed by atoms with Crippen LogP contribution in [0.2, 0.25) is 0 Å². The third-order valence-corrected chi connectivity index (χ3v) is 5.75. The lowest BCUT2D eigenvalue weighted by atomic mass is 9.88. The summed E-state index contributed by atoms with van der Waals surface area (Å²) >= 11 is 0. The van der Waals surface area contributed by atoms with Gasteiger partial charge in [-0.15, -0.1) is 0 Å². The van der Waals surface area contributed by atoms with Gasteiger partial charge in [0, 0.05) is 45.4 Å². The number of hydrogen-bond donors (Lipinski definition) is 2. The number of rotatable bonds is 3. The predicted octanol–water partition coefficient (Wildman–Crippen LogP) is 0.664. The Labute approximate surface area is 139 Å². The van der Waals surface area contributed by atoms with Crippen molar-refractivity contribution in [2.75, 3.05) is 53.0 Å². The second-order valence-electron chi connectivity index (χ2n) is 7.15. The summed E-state index contributed by atoms with van der Waals surface area (Å²) in [6.07, 6.45) is 6.39. The highest BCUT2D eigenvalue weighted by Crippen LogP contribution is 2.30. The molecule has 0 atom stereocenters. The summed E-state index contributed by atoms with van der Waals surface area (Å²) in [6.45, 7) is 6.90. The highest BCUT2D eigenvalue weighted by atomic mass is 16.5. The summed E-state index contributed by atoms with van der Waals surface area (Å²) in [5, 5.41) is 13.3. The summed E-state index contributed by atoms with van der Waals surface area (Å²) in [4.78, 5) is 9.44. The van der Waals surface area contributed by atoms with Gasteiger partial charge in [-0.05, 0) is 51.6 Å². The normalized spacial score (nSPS) is 27.4. The highest BCUT2D eigenvalue weighted by molar-refractivity contribution is 5.80. The van der Waals surface area contributed by atoms with E-state index >= 15 is 0 Å². The van der Waals surface area contributed by atoms with E-state index in [1.54, 1.807) is 0 Å². The van der Waals surface area contributed by atoms with Crippen molar-refractivity contribution in [3.05, 3.63) is 0 Å². The number of nitrogens with one attached hydrogen (secondary N) is 1. The van der Waals surface area contributed by atoms with Crippen molar-refractivity contribution in [1.29, 1.82) is 0 Å². The molecule has 0 bridgehead atoms. The molecule has 3 aliphatic rings. The minimum Gasteiger partial charge on any atom is -0.393 e. The highest BCUT2D eigenvalue weighted by Gasteiger charge is 2.39. The van der Waals surface area contributed by atoms with Crippen LogP contribution < -0.4 is 5.32 Å². The Balaban J connectivity index is 1.60. The van der Waals surface area contributed by atoms with Crippen LogP contribution in [0, 0.1) is 0 Å². The standard InChI is InChI=1S/C17H32N4O2/c1-18-16(20-10-4-15(22)5-11-20)19-14-17(6-12-23-13-7-17)21-8-2-3-9-21/h15,22H,2-14H2,1H3,(H,18,19). The molecule has 3 fully saturated rings. The quantitative estimate of drug-likeness (QED) is 0.590. The average molecular weight is 324 g/mol. The molecular formula is C17H32N4O2. The Bertz CT molecular complexity index is 395. The molecule has 3 rings (SSSR count). The number of ether oxygens (including phenoxy) is 1. The van der Waals surface area contributed by atoms with Gasteiger partial charge in [0.15, 0.2) is 5.96 Å². The molecule has 0 aliphatic carbocycles. The van der Waals surface area contributed by atoms with Crippen LogP contribution in [-0.2, 0) is 4.74 Å². The molecule has 0 saturated carbocycles. The molecular weight excluding hydrogens is 292 g/mol. The van der Waals surface area contributed by atoms with Gasteiger partial charge < -0.3 is 20.1 Å².